The van der Waals surface area contributed by atoms with Crippen molar-refractivity contribution in [2.45, 2.75) is 53.0 Å². The summed E-state index contributed by atoms with van der Waals surface area (Å²) in [5, 5.41) is 10.5. The van der Waals surface area contributed by atoms with E-state index in [9.17, 15) is 5.21 Å². The Morgan fingerprint density at radius 1 is 1.18 bits per heavy atom. The van der Waals surface area contributed by atoms with E-state index >= 15 is 0 Å². The molecule has 0 spiro atoms. The molecule has 0 rings (SSSR count). The second-order valence-corrected chi connectivity index (χ2v) is 4.68. The topological polar surface area (TPSA) is 31.9 Å². The first-order valence-electron chi connectivity index (χ1n) is 4.22. The van der Waals surface area contributed by atoms with Crippen molar-refractivity contribution < 1.29 is 5.21 Å². The molecule has 0 saturated heterocycles. The Kier molecular flexibility index (Phi) is 3.52. The smallest absolute Gasteiger partial charge is 0.0412 e. The van der Waals surface area contributed by atoms with Gasteiger partial charge in [-0.05, 0) is 25.7 Å². The summed E-state index contributed by atoms with van der Waals surface area (Å²) in [6.45, 7) is 10.4. The van der Waals surface area contributed by atoms with Gasteiger partial charge in [-0.2, -0.15) is 5.48 Å². The average Bonchev–Trinajstić information content (AvgIpc) is 1.86. The minimum Gasteiger partial charge on any atom is -0.162 e. The van der Waals surface area contributed by atoms with E-state index in [4.69, 9.17) is 0 Å². The standard InChI is InChI=1S/C9H20NO/c1-6-8(2,3)7-9(4,5)10-11/h10H,6-7H2,1-5H3. The zero-order chi connectivity index (χ0) is 9.12. The van der Waals surface area contributed by atoms with Crippen LogP contribution >= 0.6 is 0 Å². The van der Waals surface area contributed by atoms with Crippen LogP contribution in [0.1, 0.15) is 47.5 Å². The summed E-state index contributed by atoms with van der Waals surface area (Å²) < 4.78 is 0. The van der Waals surface area contributed by atoms with E-state index in [0.29, 0.717) is 0 Å². The van der Waals surface area contributed by atoms with E-state index in [1.165, 1.54) is 0 Å². The van der Waals surface area contributed by atoms with Gasteiger partial charge >= 0.3 is 0 Å². The van der Waals surface area contributed by atoms with Gasteiger partial charge in [-0.25, -0.2) is 0 Å². The monoisotopic (exact) mass is 158 g/mol. The number of nitrogens with one attached hydrogen (secondary N) is 1. The summed E-state index contributed by atoms with van der Waals surface area (Å²) in [5.74, 6) is 0. The molecule has 0 atom stereocenters. The van der Waals surface area contributed by atoms with Crippen LogP contribution in [0.3, 0.4) is 0 Å². The predicted molar refractivity (Wildman–Crippen MR) is 46.6 cm³/mol. The van der Waals surface area contributed by atoms with Gasteiger partial charge in [0.25, 0.3) is 0 Å². The van der Waals surface area contributed by atoms with Crippen LogP contribution in [-0.4, -0.2) is 5.54 Å². The van der Waals surface area contributed by atoms with Crippen molar-refractivity contribution in [1.82, 2.24) is 5.48 Å². The molecule has 0 bridgehead atoms. The lowest BCUT2D eigenvalue weighted by Crippen LogP contribution is -2.39. The van der Waals surface area contributed by atoms with Crippen LogP contribution in [0.15, 0.2) is 0 Å². The maximum atomic E-state index is 10.5. The van der Waals surface area contributed by atoms with Crippen molar-refractivity contribution in [2.24, 2.45) is 5.41 Å². The van der Waals surface area contributed by atoms with Gasteiger partial charge in [0.15, 0.2) is 0 Å². The highest BCUT2D eigenvalue weighted by Crippen LogP contribution is 2.30. The Hall–Kier alpha value is -0.0800. The number of hydrogen-bond donors (Lipinski definition) is 1. The Balaban J connectivity index is 4.02. The van der Waals surface area contributed by atoms with Crippen molar-refractivity contribution in [3.05, 3.63) is 0 Å². The molecule has 2 nitrogen and oxygen atoms in total. The molecule has 1 radical (unpaired) electrons. The highest BCUT2D eigenvalue weighted by atomic mass is 16.5. The molecule has 0 aliphatic heterocycles. The third-order valence-corrected chi connectivity index (χ3v) is 2.15. The predicted octanol–water partition coefficient (Wildman–Crippen LogP) is 2.53. The second-order valence-electron chi connectivity index (χ2n) is 4.68. The van der Waals surface area contributed by atoms with Gasteiger partial charge in [0.1, 0.15) is 0 Å². The van der Waals surface area contributed by atoms with E-state index < -0.39 is 0 Å². The van der Waals surface area contributed by atoms with Gasteiger partial charge in [-0.3, -0.25) is 0 Å². The van der Waals surface area contributed by atoms with Crippen molar-refractivity contribution in [1.29, 1.82) is 0 Å². The molecule has 0 aliphatic carbocycles. The number of rotatable bonds is 4. The molecule has 0 fully saturated rings. The maximum Gasteiger partial charge on any atom is 0.0412 e. The van der Waals surface area contributed by atoms with E-state index in [1.54, 1.807) is 0 Å². The average molecular weight is 158 g/mol. The zero-order valence-electron chi connectivity index (χ0n) is 8.32. The second kappa shape index (κ2) is 3.55. The molecule has 0 aromatic rings. The summed E-state index contributed by atoms with van der Waals surface area (Å²) in [4.78, 5) is 0. The summed E-state index contributed by atoms with van der Waals surface area (Å²) in [6, 6.07) is 0. The lowest BCUT2D eigenvalue weighted by molar-refractivity contribution is -0.00876. The first-order valence-corrected chi connectivity index (χ1v) is 4.22. The Labute approximate surface area is 70.0 Å². The molecule has 0 aromatic heterocycles. The molecule has 11 heavy (non-hydrogen) atoms. The van der Waals surface area contributed by atoms with Gasteiger partial charge in [0.05, 0.1) is 0 Å². The summed E-state index contributed by atoms with van der Waals surface area (Å²) in [5.41, 5.74) is 2.07. The molecular weight excluding hydrogens is 138 g/mol. The van der Waals surface area contributed by atoms with E-state index in [1.807, 2.05) is 13.8 Å². The van der Waals surface area contributed by atoms with Crippen molar-refractivity contribution in [3.8, 4) is 0 Å². The summed E-state index contributed by atoms with van der Waals surface area (Å²) >= 11 is 0. The van der Waals surface area contributed by atoms with Gasteiger partial charge in [-0.1, -0.05) is 27.2 Å². The highest BCUT2D eigenvalue weighted by Gasteiger charge is 2.27. The first kappa shape index (κ1) is 10.9. The molecule has 0 unspecified atom stereocenters. The molecule has 0 heterocycles. The summed E-state index contributed by atoms with van der Waals surface area (Å²) in [6.07, 6.45) is 2.03. The molecule has 0 aliphatic rings. The zero-order valence-corrected chi connectivity index (χ0v) is 8.32. The third-order valence-electron chi connectivity index (χ3n) is 2.15. The molecule has 67 valence electrons. The third kappa shape index (κ3) is 4.38. The molecule has 0 saturated carbocycles. The van der Waals surface area contributed by atoms with Crippen molar-refractivity contribution in [3.63, 3.8) is 0 Å². The minimum absolute atomic E-state index is 0.265. The van der Waals surface area contributed by atoms with Crippen LogP contribution in [-0.2, 0) is 5.21 Å². The fourth-order valence-corrected chi connectivity index (χ4v) is 1.36. The molecular formula is C9H20NO. The molecule has 0 aromatic carbocycles. The SMILES string of the molecule is CCC(C)(C)CC(C)(C)N[O]. The normalized spacial score (nSPS) is 13.6. The van der Waals surface area contributed by atoms with Crippen LogP contribution < -0.4 is 5.48 Å². The van der Waals surface area contributed by atoms with Gasteiger partial charge < -0.3 is 0 Å². The van der Waals surface area contributed by atoms with Crippen LogP contribution in [0.5, 0.6) is 0 Å². The van der Waals surface area contributed by atoms with Crippen LogP contribution in [0.4, 0.5) is 0 Å². The van der Waals surface area contributed by atoms with Crippen molar-refractivity contribution >= 4 is 0 Å². The fourth-order valence-electron chi connectivity index (χ4n) is 1.36. The highest BCUT2D eigenvalue weighted by molar-refractivity contribution is 4.81. The number of hydrogen-bond acceptors (Lipinski definition) is 1. The quantitative estimate of drug-likeness (QED) is 0.626. The lowest BCUT2D eigenvalue weighted by atomic mass is 9.79. The largest absolute Gasteiger partial charge is 0.162 e. The van der Waals surface area contributed by atoms with Gasteiger partial charge in [0.2, 0.25) is 0 Å². The van der Waals surface area contributed by atoms with E-state index in [2.05, 4.69) is 26.3 Å². The lowest BCUT2D eigenvalue weighted by Gasteiger charge is -2.32. The Morgan fingerprint density at radius 3 is 1.91 bits per heavy atom. The van der Waals surface area contributed by atoms with Gasteiger partial charge in [0, 0.05) is 5.54 Å². The number of hydroxylamine groups is 1. The van der Waals surface area contributed by atoms with Crippen LogP contribution in [0.25, 0.3) is 0 Å². The van der Waals surface area contributed by atoms with Crippen LogP contribution in [0.2, 0.25) is 0 Å². The van der Waals surface area contributed by atoms with Crippen molar-refractivity contribution in [2.75, 3.05) is 0 Å². The Bertz CT molecular complexity index is 105. The fraction of sp³-hybridized carbons (Fsp3) is 1.00. The first-order chi connectivity index (χ1) is 4.83. The molecule has 2 heteroatoms. The maximum absolute atomic E-state index is 10.5. The molecule has 0 amide bonds. The van der Waals surface area contributed by atoms with Crippen LogP contribution in [0, 0.1) is 5.41 Å². The minimum atomic E-state index is -0.278. The van der Waals surface area contributed by atoms with Gasteiger partial charge in [-0.15, -0.1) is 5.21 Å². The summed E-state index contributed by atoms with van der Waals surface area (Å²) in [7, 11) is 0. The van der Waals surface area contributed by atoms with E-state index in [-0.39, 0.29) is 11.0 Å². The molecule has 1 N–H and O–H groups in total. The Morgan fingerprint density at radius 2 is 1.64 bits per heavy atom. The van der Waals surface area contributed by atoms with E-state index in [0.717, 1.165) is 12.8 Å².